The van der Waals surface area contributed by atoms with Crippen LogP contribution in [0.2, 0.25) is 0 Å². The van der Waals surface area contributed by atoms with Crippen molar-refractivity contribution in [3.05, 3.63) is 66.1 Å². The van der Waals surface area contributed by atoms with Crippen LogP contribution in [-0.2, 0) is 11.3 Å². The Morgan fingerprint density at radius 2 is 2.17 bits per heavy atom. The van der Waals surface area contributed by atoms with Crippen LogP contribution >= 0.6 is 0 Å². The van der Waals surface area contributed by atoms with E-state index >= 15 is 0 Å². The first-order chi connectivity index (χ1) is 14.1. The van der Waals surface area contributed by atoms with Gasteiger partial charge in [0.1, 0.15) is 6.33 Å². The number of aromatic nitrogens is 3. The van der Waals surface area contributed by atoms with Crippen molar-refractivity contribution in [2.75, 3.05) is 26.4 Å². The first-order valence-corrected chi connectivity index (χ1v) is 9.68. The Labute approximate surface area is 169 Å². The number of benzene rings is 1. The number of rotatable bonds is 6. The van der Waals surface area contributed by atoms with Crippen molar-refractivity contribution >= 4 is 11.6 Å². The fourth-order valence-electron chi connectivity index (χ4n) is 3.81. The maximum atomic E-state index is 12.7. The summed E-state index contributed by atoms with van der Waals surface area (Å²) in [6, 6.07) is 13.6. The summed E-state index contributed by atoms with van der Waals surface area (Å²) < 4.78 is 7.37. The Morgan fingerprint density at radius 1 is 1.34 bits per heavy atom. The second kappa shape index (κ2) is 8.28. The molecule has 8 nitrogen and oxygen atoms in total. The van der Waals surface area contributed by atoms with Crippen molar-refractivity contribution in [1.29, 1.82) is 0 Å². The van der Waals surface area contributed by atoms with E-state index in [2.05, 4.69) is 39.4 Å². The highest BCUT2D eigenvalue weighted by Crippen LogP contribution is 2.26. The molecule has 4 rings (SSSR count). The van der Waals surface area contributed by atoms with Crippen molar-refractivity contribution in [2.24, 2.45) is 0 Å². The Kier molecular flexibility index (Phi) is 5.57. The number of fused-ring (bicyclic) bond motifs is 1. The van der Waals surface area contributed by atoms with Gasteiger partial charge in [-0.3, -0.25) is 9.69 Å². The lowest BCUT2D eigenvalue weighted by Crippen LogP contribution is -2.66. The number of ether oxygens (including phenoxy) is 1. The second-order valence-electron chi connectivity index (χ2n) is 7.52. The van der Waals surface area contributed by atoms with Gasteiger partial charge in [0.2, 0.25) is 0 Å². The van der Waals surface area contributed by atoms with Gasteiger partial charge in [0.15, 0.2) is 5.65 Å². The molecule has 2 N–H and O–H groups in total. The Hall–Kier alpha value is -2.81. The smallest absolute Gasteiger partial charge is 0.251 e. The van der Waals surface area contributed by atoms with Crippen LogP contribution in [0.1, 0.15) is 22.8 Å². The molecule has 0 saturated carbocycles. The minimum Gasteiger partial charge on any atom is -0.394 e. The highest BCUT2D eigenvalue weighted by Gasteiger charge is 2.42. The van der Waals surface area contributed by atoms with Crippen LogP contribution in [0.25, 0.3) is 5.65 Å². The van der Waals surface area contributed by atoms with Gasteiger partial charge >= 0.3 is 0 Å². The van der Waals surface area contributed by atoms with Crippen LogP contribution in [-0.4, -0.2) is 68.5 Å². The fourth-order valence-corrected chi connectivity index (χ4v) is 3.81. The molecule has 152 valence electrons. The Morgan fingerprint density at radius 3 is 2.97 bits per heavy atom. The predicted octanol–water partition coefficient (Wildman–Crippen LogP) is 1.11. The molecule has 1 aliphatic rings. The summed E-state index contributed by atoms with van der Waals surface area (Å²) in [7, 11) is 0. The number of amides is 1. The van der Waals surface area contributed by atoms with Gasteiger partial charge in [-0.1, -0.05) is 30.3 Å². The maximum absolute atomic E-state index is 12.7. The van der Waals surface area contributed by atoms with Crippen LogP contribution in [0.3, 0.4) is 0 Å². The molecule has 3 aromatic rings. The summed E-state index contributed by atoms with van der Waals surface area (Å²) in [6.45, 7) is 3.85. The number of hydrogen-bond acceptors (Lipinski definition) is 6. The predicted molar refractivity (Wildman–Crippen MR) is 107 cm³/mol. The van der Waals surface area contributed by atoms with E-state index < -0.39 is 5.54 Å². The van der Waals surface area contributed by atoms with Gasteiger partial charge in [-0.2, -0.15) is 5.10 Å². The molecule has 0 spiro atoms. The number of aliphatic hydroxyl groups excluding tert-OH is 1. The van der Waals surface area contributed by atoms with Crippen molar-refractivity contribution in [3.63, 3.8) is 0 Å². The maximum Gasteiger partial charge on any atom is 0.251 e. The van der Waals surface area contributed by atoms with Gasteiger partial charge in [0.25, 0.3) is 5.91 Å². The average molecular weight is 395 g/mol. The Balaban J connectivity index is 1.51. The average Bonchev–Trinajstić information content (AvgIpc) is 3.23. The molecule has 8 heteroatoms. The number of carbonyl (C=O) groups excluding carboxylic acids is 1. The number of aliphatic hydroxyl groups is 1. The molecule has 1 aliphatic heterocycles. The topological polar surface area (TPSA) is 92.0 Å². The third kappa shape index (κ3) is 4.00. The zero-order valence-electron chi connectivity index (χ0n) is 16.4. The van der Waals surface area contributed by atoms with Gasteiger partial charge < -0.3 is 15.2 Å². The third-order valence-corrected chi connectivity index (χ3v) is 5.48. The summed E-state index contributed by atoms with van der Waals surface area (Å²) in [5.41, 5.74) is 1.57. The van der Waals surface area contributed by atoms with Crippen LogP contribution in [0, 0.1) is 0 Å². The van der Waals surface area contributed by atoms with Crippen LogP contribution in [0.4, 0.5) is 0 Å². The molecule has 29 heavy (non-hydrogen) atoms. The molecule has 3 heterocycles. The third-order valence-electron chi connectivity index (χ3n) is 5.48. The normalized spacial score (nSPS) is 22.6. The molecular formula is C21H25N5O3. The van der Waals surface area contributed by atoms with Gasteiger partial charge in [-0.25, -0.2) is 9.50 Å². The lowest BCUT2D eigenvalue weighted by atomic mass is 9.93. The van der Waals surface area contributed by atoms with Gasteiger partial charge in [-0.05, 0) is 24.6 Å². The molecule has 0 radical (unpaired) electrons. The Bertz CT molecular complexity index is 977. The van der Waals surface area contributed by atoms with Gasteiger partial charge in [0, 0.05) is 30.9 Å². The van der Waals surface area contributed by atoms with Crippen molar-refractivity contribution in [2.45, 2.75) is 25.0 Å². The van der Waals surface area contributed by atoms with E-state index in [9.17, 15) is 9.90 Å². The molecule has 2 aromatic heterocycles. The number of hydrogen-bond donors (Lipinski definition) is 2. The molecule has 0 unspecified atom stereocenters. The molecule has 0 aliphatic carbocycles. The van der Waals surface area contributed by atoms with E-state index in [4.69, 9.17) is 4.74 Å². The highest BCUT2D eigenvalue weighted by atomic mass is 16.5. The number of morpholine rings is 1. The number of pyridine rings is 1. The van der Waals surface area contributed by atoms with E-state index in [-0.39, 0.29) is 25.1 Å². The largest absolute Gasteiger partial charge is 0.394 e. The van der Waals surface area contributed by atoms with E-state index in [1.807, 2.05) is 18.2 Å². The lowest BCUT2D eigenvalue weighted by molar-refractivity contribution is -0.121. The van der Waals surface area contributed by atoms with Crippen LogP contribution in [0.15, 0.2) is 55.0 Å². The fraction of sp³-hybridized carbons (Fsp3) is 0.381. The first kappa shape index (κ1) is 19.5. The molecular weight excluding hydrogens is 370 g/mol. The van der Waals surface area contributed by atoms with Crippen molar-refractivity contribution in [1.82, 2.24) is 24.8 Å². The summed E-state index contributed by atoms with van der Waals surface area (Å²) >= 11 is 0. The quantitative estimate of drug-likeness (QED) is 0.650. The first-order valence-electron chi connectivity index (χ1n) is 9.68. The molecule has 1 saturated heterocycles. The van der Waals surface area contributed by atoms with Crippen molar-refractivity contribution < 1.29 is 14.6 Å². The van der Waals surface area contributed by atoms with E-state index in [0.717, 1.165) is 5.56 Å². The van der Waals surface area contributed by atoms with Gasteiger partial charge in [0.05, 0.1) is 25.4 Å². The minimum atomic E-state index is -0.692. The molecule has 2 atom stereocenters. The zero-order valence-corrected chi connectivity index (χ0v) is 16.4. The zero-order chi connectivity index (χ0) is 20.3. The molecule has 1 fully saturated rings. The van der Waals surface area contributed by atoms with E-state index in [1.54, 1.807) is 22.8 Å². The van der Waals surface area contributed by atoms with E-state index in [0.29, 0.717) is 31.0 Å². The lowest BCUT2D eigenvalue weighted by Gasteiger charge is -2.49. The van der Waals surface area contributed by atoms with Gasteiger partial charge in [-0.15, -0.1) is 0 Å². The SMILES string of the molecule is C[C@@H]1COC[C@@](CO)(CNC(=O)c2ccn3ncnc3c2)N1Cc1ccccc1. The summed E-state index contributed by atoms with van der Waals surface area (Å²) in [6.07, 6.45) is 3.15. The molecule has 1 aromatic carbocycles. The number of carbonyl (C=O) groups is 1. The van der Waals surface area contributed by atoms with Crippen molar-refractivity contribution in [3.8, 4) is 0 Å². The van der Waals surface area contributed by atoms with Crippen LogP contribution < -0.4 is 5.32 Å². The standard InChI is InChI=1S/C21H25N5O3/c1-16-11-29-14-21(13-27,25(16)10-17-5-3-2-4-6-17)12-22-20(28)18-7-8-26-19(9-18)23-15-24-26/h2-9,15-16,27H,10-14H2,1H3,(H,22,28)/t16-,21+/m1/s1. The molecule has 0 bridgehead atoms. The van der Waals surface area contributed by atoms with Crippen LogP contribution in [0.5, 0.6) is 0 Å². The number of nitrogens with zero attached hydrogens (tertiary/aromatic N) is 4. The summed E-state index contributed by atoms with van der Waals surface area (Å²) in [5.74, 6) is -0.221. The molecule has 1 amide bonds. The summed E-state index contributed by atoms with van der Waals surface area (Å²) in [4.78, 5) is 19.1. The number of nitrogens with one attached hydrogen (secondary N) is 1. The minimum absolute atomic E-state index is 0.111. The summed E-state index contributed by atoms with van der Waals surface area (Å²) in [5, 5.41) is 17.3. The highest BCUT2D eigenvalue weighted by molar-refractivity contribution is 5.95. The monoisotopic (exact) mass is 395 g/mol. The van der Waals surface area contributed by atoms with E-state index in [1.165, 1.54) is 6.33 Å². The second-order valence-corrected chi connectivity index (χ2v) is 7.52.